The Morgan fingerprint density at radius 2 is 2.29 bits per heavy atom. The number of carbonyl (C=O) groups excluding carboxylic acids is 1. The molecule has 0 aliphatic heterocycles. The number of hydrogen-bond acceptors (Lipinski definition) is 3. The molecule has 0 fully saturated rings. The zero-order valence-corrected chi connectivity index (χ0v) is 10.4. The van der Waals surface area contributed by atoms with Crippen LogP contribution in [0.2, 0.25) is 0 Å². The number of methoxy groups -OCH3 is 1. The molecule has 1 unspecified atom stereocenters. The highest BCUT2D eigenvalue weighted by Gasteiger charge is 2.11. The van der Waals surface area contributed by atoms with Crippen molar-refractivity contribution in [2.24, 2.45) is 5.73 Å². The maximum Gasteiger partial charge on any atom is 0.251 e. The van der Waals surface area contributed by atoms with Crippen LogP contribution in [-0.2, 0) is 4.74 Å². The molecule has 0 heterocycles. The molecule has 0 aliphatic carbocycles. The maximum absolute atomic E-state index is 11.9. The van der Waals surface area contributed by atoms with Gasteiger partial charge in [-0.3, -0.25) is 4.79 Å². The Balaban J connectivity index is 2.58. The second-order valence-corrected chi connectivity index (χ2v) is 4.06. The van der Waals surface area contributed by atoms with Gasteiger partial charge in [0.05, 0.1) is 0 Å². The van der Waals surface area contributed by atoms with Crippen LogP contribution in [-0.4, -0.2) is 32.2 Å². The molecule has 0 spiro atoms. The predicted octanol–water partition coefficient (Wildman–Crippen LogP) is 1.09. The van der Waals surface area contributed by atoms with E-state index in [4.69, 9.17) is 10.5 Å². The van der Waals surface area contributed by atoms with Crippen LogP contribution in [0.4, 0.5) is 0 Å². The number of ether oxygens (including phenoxy) is 1. The van der Waals surface area contributed by atoms with E-state index in [0.29, 0.717) is 18.7 Å². The van der Waals surface area contributed by atoms with E-state index in [9.17, 15) is 4.79 Å². The van der Waals surface area contributed by atoms with Crippen LogP contribution in [0.25, 0.3) is 0 Å². The lowest BCUT2D eigenvalue weighted by molar-refractivity contribution is 0.0926. The molecule has 1 aromatic rings. The number of benzene rings is 1. The van der Waals surface area contributed by atoms with Crippen LogP contribution in [0.5, 0.6) is 0 Å². The number of rotatable bonds is 6. The zero-order valence-electron chi connectivity index (χ0n) is 10.4. The van der Waals surface area contributed by atoms with E-state index in [-0.39, 0.29) is 11.9 Å². The molecule has 0 saturated heterocycles. The van der Waals surface area contributed by atoms with Gasteiger partial charge in [-0.15, -0.1) is 0 Å². The second-order valence-electron chi connectivity index (χ2n) is 4.06. The van der Waals surface area contributed by atoms with Gasteiger partial charge in [-0.2, -0.15) is 0 Å². The van der Waals surface area contributed by atoms with Gasteiger partial charge < -0.3 is 15.8 Å². The largest absolute Gasteiger partial charge is 0.385 e. The van der Waals surface area contributed by atoms with E-state index >= 15 is 0 Å². The summed E-state index contributed by atoms with van der Waals surface area (Å²) in [5.74, 6) is -0.0831. The van der Waals surface area contributed by atoms with Crippen LogP contribution in [0.15, 0.2) is 24.3 Å². The predicted molar refractivity (Wildman–Crippen MR) is 68.0 cm³/mol. The minimum atomic E-state index is -0.0831. The maximum atomic E-state index is 11.9. The summed E-state index contributed by atoms with van der Waals surface area (Å²) in [6, 6.07) is 7.45. The van der Waals surface area contributed by atoms with Crippen molar-refractivity contribution in [3.8, 4) is 0 Å². The lowest BCUT2D eigenvalue weighted by Gasteiger charge is -2.16. The molecular weight excluding hydrogens is 216 g/mol. The topological polar surface area (TPSA) is 64.3 Å². The molecule has 3 N–H and O–H groups in total. The van der Waals surface area contributed by atoms with Gasteiger partial charge in [0.15, 0.2) is 0 Å². The van der Waals surface area contributed by atoms with E-state index in [1.54, 1.807) is 13.2 Å². The first-order valence-corrected chi connectivity index (χ1v) is 5.74. The normalized spacial score (nSPS) is 12.2. The molecule has 17 heavy (non-hydrogen) atoms. The number of hydrogen-bond donors (Lipinski definition) is 2. The first-order valence-electron chi connectivity index (χ1n) is 5.74. The summed E-state index contributed by atoms with van der Waals surface area (Å²) in [7, 11) is 1.63. The lowest BCUT2D eigenvalue weighted by Crippen LogP contribution is -2.40. The fraction of sp³-hybridized carbons (Fsp3) is 0.462. The van der Waals surface area contributed by atoms with Crippen molar-refractivity contribution < 1.29 is 9.53 Å². The Hall–Kier alpha value is -1.39. The summed E-state index contributed by atoms with van der Waals surface area (Å²) in [5.41, 5.74) is 7.34. The summed E-state index contributed by atoms with van der Waals surface area (Å²) in [6.07, 6.45) is 0.727. The molecule has 1 rings (SSSR count). The first kappa shape index (κ1) is 13.7. The van der Waals surface area contributed by atoms with Crippen LogP contribution in [0.1, 0.15) is 22.3 Å². The Morgan fingerprint density at radius 3 is 2.88 bits per heavy atom. The minimum Gasteiger partial charge on any atom is -0.385 e. The van der Waals surface area contributed by atoms with Gasteiger partial charge in [0.2, 0.25) is 0 Å². The van der Waals surface area contributed by atoms with Crippen LogP contribution >= 0.6 is 0 Å². The van der Waals surface area contributed by atoms with Crippen molar-refractivity contribution in [2.75, 3.05) is 20.3 Å². The fourth-order valence-electron chi connectivity index (χ4n) is 1.56. The first-order chi connectivity index (χ1) is 8.17. The summed E-state index contributed by atoms with van der Waals surface area (Å²) in [5, 5.41) is 2.90. The third-order valence-corrected chi connectivity index (χ3v) is 2.57. The van der Waals surface area contributed by atoms with E-state index in [1.807, 2.05) is 25.1 Å². The number of aryl methyl sites for hydroxylation is 1. The SMILES string of the molecule is COCCC(CN)NC(=O)c1cccc(C)c1. The van der Waals surface area contributed by atoms with Crippen LogP contribution in [0.3, 0.4) is 0 Å². The molecule has 0 saturated carbocycles. The number of amides is 1. The van der Waals surface area contributed by atoms with Crippen molar-refractivity contribution in [1.29, 1.82) is 0 Å². The Morgan fingerprint density at radius 1 is 1.53 bits per heavy atom. The zero-order chi connectivity index (χ0) is 12.7. The van der Waals surface area contributed by atoms with Crippen molar-refractivity contribution >= 4 is 5.91 Å². The molecule has 4 nitrogen and oxygen atoms in total. The van der Waals surface area contributed by atoms with Gasteiger partial charge in [-0.1, -0.05) is 17.7 Å². The van der Waals surface area contributed by atoms with E-state index < -0.39 is 0 Å². The van der Waals surface area contributed by atoms with Gasteiger partial charge >= 0.3 is 0 Å². The number of carbonyl (C=O) groups is 1. The van der Waals surface area contributed by atoms with Gasteiger partial charge in [0.1, 0.15) is 0 Å². The highest BCUT2D eigenvalue weighted by Crippen LogP contribution is 2.04. The van der Waals surface area contributed by atoms with Crippen LogP contribution < -0.4 is 11.1 Å². The van der Waals surface area contributed by atoms with Crippen molar-refractivity contribution in [2.45, 2.75) is 19.4 Å². The van der Waals surface area contributed by atoms with Crippen molar-refractivity contribution in [3.63, 3.8) is 0 Å². The smallest absolute Gasteiger partial charge is 0.251 e. The third kappa shape index (κ3) is 4.54. The molecule has 0 bridgehead atoms. The summed E-state index contributed by atoms with van der Waals surface area (Å²) in [4.78, 5) is 11.9. The summed E-state index contributed by atoms with van der Waals surface area (Å²) < 4.78 is 4.97. The van der Waals surface area contributed by atoms with E-state index in [2.05, 4.69) is 5.32 Å². The number of nitrogens with one attached hydrogen (secondary N) is 1. The minimum absolute atomic E-state index is 0.0389. The molecule has 1 atom stereocenters. The average molecular weight is 236 g/mol. The second kappa shape index (κ2) is 7.04. The highest BCUT2D eigenvalue weighted by molar-refractivity contribution is 5.94. The average Bonchev–Trinajstić information content (AvgIpc) is 2.34. The van der Waals surface area contributed by atoms with E-state index in [1.165, 1.54) is 0 Å². The molecule has 1 aromatic carbocycles. The standard InChI is InChI=1S/C13H20N2O2/c1-10-4-3-5-11(8-10)13(16)15-12(9-14)6-7-17-2/h3-5,8,12H,6-7,9,14H2,1-2H3,(H,15,16). The van der Waals surface area contributed by atoms with Crippen molar-refractivity contribution in [3.05, 3.63) is 35.4 Å². The summed E-state index contributed by atoms with van der Waals surface area (Å²) in [6.45, 7) is 2.97. The fourth-order valence-corrected chi connectivity index (χ4v) is 1.56. The molecule has 0 aromatic heterocycles. The van der Waals surface area contributed by atoms with Crippen molar-refractivity contribution in [1.82, 2.24) is 5.32 Å². The molecular formula is C13H20N2O2. The molecule has 4 heteroatoms. The lowest BCUT2D eigenvalue weighted by atomic mass is 10.1. The Kier molecular flexibility index (Phi) is 5.66. The van der Waals surface area contributed by atoms with E-state index in [0.717, 1.165) is 12.0 Å². The quantitative estimate of drug-likeness (QED) is 0.777. The Bertz CT molecular complexity index is 366. The van der Waals surface area contributed by atoms with Gasteiger partial charge in [-0.05, 0) is 25.5 Å². The number of nitrogens with two attached hydrogens (primary N) is 1. The summed E-state index contributed by atoms with van der Waals surface area (Å²) >= 11 is 0. The molecule has 0 aliphatic rings. The molecule has 94 valence electrons. The molecule has 1 amide bonds. The van der Waals surface area contributed by atoms with Gasteiger partial charge in [0.25, 0.3) is 5.91 Å². The van der Waals surface area contributed by atoms with Gasteiger partial charge in [-0.25, -0.2) is 0 Å². The Labute approximate surface area is 102 Å². The molecule has 0 radical (unpaired) electrons. The van der Waals surface area contributed by atoms with Gasteiger partial charge in [0, 0.05) is 31.9 Å². The highest BCUT2D eigenvalue weighted by atomic mass is 16.5. The third-order valence-electron chi connectivity index (χ3n) is 2.57. The van der Waals surface area contributed by atoms with Crippen LogP contribution in [0, 0.1) is 6.92 Å². The monoisotopic (exact) mass is 236 g/mol.